The second-order valence-corrected chi connectivity index (χ2v) is 5.41. The van der Waals surface area contributed by atoms with Crippen LogP contribution in [0.1, 0.15) is 19.8 Å². The van der Waals surface area contributed by atoms with E-state index in [0.717, 1.165) is 19.6 Å². The molecule has 8 heteroatoms. The number of nitro groups is 1. The molecule has 2 atom stereocenters. The molecule has 1 aliphatic rings. The molecule has 1 aromatic heterocycles. The Hall–Kier alpha value is -1.51. The van der Waals surface area contributed by atoms with E-state index >= 15 is 0 Å². The third-order valence-corrected chi connectivity index (χ3v) is 3.89. The first-order chi connectivity index (χ1) is 10.1. The van der Waals surface area contributed by atoms with Crippen molar-refractivity contribution in [2.45, 2.75) is 38.5 Å². The topological polar surface area (TPSA) is 96.5 Å². The van der Waals surface area contributed by atoms with Crippen molar-refractivity contribution in [1.29, 1.82) is 0 Å². The molecule has 2 N–H and O–H groups in total. The lowest BCUT2D eigenvalue weighted by atomic mass is 10.2. The Morgan fingerprint density at radius 2 is 2.48 bits per heavy atom. The van der Waals surface area contributed by atoms with Crippen LogP contribution in [-0.2, 0) is 6.54 Å². The van der Waals surface area contributed by atoms with Crippen LogP contribution in [0.2, 0.25) is 0 Å². The summed E-state index contributed by atoms with van der Waals surface area (Å²) in [5.41, 5.74) is -0.0558. The van der Waals surface area contributed by atoms with Gasteiger partial charge in [-0.25, -0.2) is 0 Å². The monoisotopic (exact) mass is 297 g/mol. The Balaban J connectivity index is 1.69. The van der Waals surface area contributed by atoms with Gasteiger partial charge in [0.2, 0.25) is 0 Å². The van der Waals surface area contributed by atoms with Crippen LogP contribution in [-0.4, -0.2) is 63.0 Å². The Kier molecular flexibility index (Phi) is 5.66. The van der Waals surface area contributed by atoms with Gasteiger partial charge in [-0.3, -0.25) is 19.7 Å². The number of nitrogens with zero attached hydrogens (tertiary/aromatic N) is 4. The summed E-state index contributed by atoms with van der Waals surface area (Å²) in [5, 5.41) is 27.6. The molecule has 0 amide bonds. The first-order valence-corrected chi connectivity index (χ1v) is 7.39. The van der Waals surface area contributed by atoms with Gasteiger partial charge < -0.3 is 10.4 Å². The van der Waals surface area contributed by atoms with Crippen molar-refractivity contribution in [1.82, 2.24) is 20.0 Å². The van der Waals surface area contributed by atoms with Crippen molar-refractivity contribution < 1.29 is 10.0 Å². The zero-order chi connectivity index (χ0) is 15.2. The summed E-state index contributed by atoms with van der Waals surface area (Å²) >= 11 is 0. The van der Waals surface area contributed by atoms with Gasteiger partial charge in [-0.2, -0.15) is 5.10 Å². The lowest BCUT2D eigenvalue weighted by molar-refractivity contribution is -0.385. The maximum absolute atomic E-state index is 10.6. The molecule has 2 rings (SSSR count). The van der Waals surface area contributed by atoms with Gasteiger partial charge in [0.25, 0.3) is 0 Å². The Labute approximate surface area is 123 Å². The SMILES string of the molecule is CCN1CCCC1CNCC(O)Cn1cc([N+](=O)[O-])cn1. The molecule has 0 spiro atoms. The molecular weight excluding hydrogens is 274 g/mol. The molecule has 0 saturated carbocycles. The van der Waals surface area contributed by atoms with Crippen LogP contribution in [0.4, 0.5) is 5.69 Å². The molecule has 2 unspecified atom stereocenters. The highest BCUT2D eigenvalue weighted by molar-refractivity contribution is 5.20. The van der Waals surface area contributed by atoms with Crippen LogP contribution in [0, 0.1) is 10.1 Å². The van der Waals surface area contributed by atoms with Crippen molar-refractivity contribution in [3.05, 3.63) is 22.5 Å². The third kappa shape index (κ3) is 4.48. The predicted octanol–water partition coefficient (Wildman–Crippen LogP) is 0.226. The summed E-state index contributed by atoms with van der Waals surface area (Å²) in [6.07, 6.45) is 4.35. The van der Waals surface area contributed by atoms with Crippen LogP contribution in [0.25, 0.3) is 0 Å². The van der Waals surface area contributed by atoms with Crippen LogP contribution in [0.5, 0.6) is 0 Å². The third-order valence-electron chi connectivity index (χ3n) is 3.89. The molecular formula is C13H23N5O3. The molecule has 1 aliphatic heterocycles. The first kappa shape index (κ1) is 15.9. The van der Waals surface area contributed by atoms with Gasteiger partial charge in [0, 0.05) is 19.1 Å². The maximum Gasteiger partial charge on any atom is 0.306 e. The average Bonchev–Trinajstić information content (AvgIpc) is 3.07. The van der Waals surface area contributed by atoms with Crippen LogP contribution >= 0.6 is 0 Å². The zero-order valence-electron chi connectivity index (χ0n) is 12.3. The molecule has 2 heterocycles. The van der Waals surface area contributed by atoms with E-state index in [4.69, 9.17) is 0 Å². The largest absolute Gasteiger partial charge is 0.390 e. The Morgan fingerprint density at radius 3 is 3.14 bits per heavy atom. The van der Waals surface area contributed by atoms with Crippen molar-refractivity contribution >= 4 is 5.69 Å². The van der Waals surface area contributed by atoms with E-state index in [1.54, 1.807) is 0 Å². The van der Waals surface area contributed by atoms with E-state index in [-0.39, 0.29) is 12.2 Å². The maximum atomic E-state index is 10.6. The highest BCUT2D eigenvalue weighted by atomic mass is 16.6. The standard InChI is InChI=1S/C13H23N5O3/c1-2-16-5-3-4-11(16)6-14-8-13(19)10-17-9-12(7-15-17)18(20)21/h7,9,11,13-14,19H,2-6,8,10H2,1H3. The summed E-state index contributed by atoms with van der Waals surface area (Å²) in [6, 6.07) is 0.549. The minimum absolute atomic E-state index is 0.0558. The molecule has 21 heavy (non-hydrogen) atoms. The summed E-state index contributed by atoms with van der Waals surface area (Å²) in [4.78, 5) is 12.5. The van der Waals surface area contributed by atoms with E-state index in [0.29, 0.717) is 12.6 Å². The fourth-order valence-electron chi connectivity index (χ4n) is 2.79. The fraction of sp³-hybridized carbons (Fsp3) is 0.769. The highest BCUT2D eigenvalue weighted by Gasteiger charge is 2.22. The van der Waals surface area contributed by atoms with E-state index in [1.165, 1.54) is 29.9 Å². The zero-order valence-corrected chi connectivity index (χ0v) is 12.3. The highest BCUT2D eigenvalue weighted by Crippen LogP contribution is 2.15. The van der Waals surface area contributed by atoms with Gasteiger partial charge in [0.15, 0.2) is 0 Å². The number of aromatic nitrogens is 2. The van der Waals surface area contributed by atoms with E-state index in [2.05, 4.69) is 22.2 Å². The van der Waals surface area contributed by atoms with E-state index in [9.17, 15) is 15.2 Å². The lowest BCUT2D eigenvalue weighted by Crippen LogP contribution is -2.40. The fourth-order valence-corrected chi connectivity index (χ4v) is 2.79. The van der Waals surface area contributed by atoms with E-state index < -0.39 is 11.0 Å². The molecule has 1 fully saturated rings. The number of nitrogens with one attached hydrogen (secondary N) is 1. The molecule has 0 aromatic carbocycles. The Bertz CT molecular complexity index is 464. The second kappa shape index (κ2) is 7.48. The molecule has 118 valence electrons. The summed E-state index contributed by atoms with van der Waals surface area (Å²) < 4.78 is 1.40. The lowest BCUT2D eigenvalue weighted by Gasteiger charge is -2.23. The number of rotatable bonds is 8. The van der Waals surface area contributed by atoms with Gasteiger partial charge in [-0.15, -0.1) is 0 Å². The number of likely N-dealkylation sites (N-methyl/N-ethyl adjacent to an activating group) is 1. The average molecular weight is 297 g/mol. The van der Waals surface area contributed by atoms with Crippen LogP contribution in [0.15, 0.2) is 12.4 Å². The van der Waals surface area contributed by atoms with Crippen molar-refractivity contribution in [2.24, 2.45) is 0 Å². The second-order valence-electron chi connectivity index (χ2n) is 5.41. The molecule has 8 nitrogen and oxygen atoms in total. The van der Waals surface area contributed by atoms with E-state index in [1.807, 2.05) is 0 Å². The Morgan fingerprint density at radius 1 is 1.67 bits per heavy atom. The quantitative estimate of drug-likeness (QED) is 0.526. The van der Waals surface area contributed by atoms with Crippen LogP contribution < -0.4 is 5.32 Å². The van der Waals surface area contributed by atoms with Gasteiger partial charge in [0.1, 0.15) is 12.4 Å². The van der Waals surface area contributed by atoms with Gasteiger partial charge in [-0.1, -0.05) is 6.92 Å². The van der Waals surface area contributed by atoms with Gasteiger partial charge >= 0.3 is 5.69 Å². The van der Waals surface area contributed by atoms with Crippen LogP contribution in [0.3, 0.4) is 0 Å². The predicted molar refractivity (Wildman–Crippen MR) is 78.0 cm³/mol. The smallest absolute Gasteiger partial charge is 0.306 e. The number of aliphatic hydroxyl groups excluding tert-OH is 1. The van der Waals surface area contributed by atoms with Crippen molar-refractivity contribution in [3.8, 4) is 0 Å². The molecule has 0 aliphatic carbocycles. The summed E-state index contributed by atoms with van der Waals surface area (Å²) in [7, 11) is 0. The van der Waals surface area contributed by atoms with Crippen molar-refractivity contribution in [2.75, 3.05) is 26.2 Å². The summed E-state index contributed by atoms with van der Waals surface area (Å²) in [6.45, 7) is 5.96. The molecule has 1 saturated heterocycles. The number of likely N-dealkylation sites (tertiary alicyclic amines) is 1. The number of hydrogen-bond acceptors (Lipinski definition) is 6. The molecule has 0 radical (unpaired) electrons. The summed E-state index contributed by atoms with van der Waals surface area (Å²) in [5.74, 6) is 0. The van der Waals surface area contributed by atoms with Gasteiger partial charge in [0.05, 0.1) is 17.6 Å². The van der Waals surface area contributed by atoms with Crippen molar-refractivity contribution in [3.63, 3.8) is 0 Å². The number of hydrogen-bond donors (Lipinski definition) is 2. The molecule has 0 bridgehead atoms. The minimum atomic E-state index is -0.610. The molecule has 1 aromatic rings. The van der Waals surface area contributed by atoms with Gasteiger partial charge in [-0.05, 0) is 25.9 Å². The minimum Gasteiger partial charge on any atom is -0.390 e. The first-order valence-electron chi connectivity index (χ1n) is 7.39. The number of aliphatic hydroxyl groups is 1. The normalized spacial score (nSPS) is 20.8.